The molecule has 18 heavy (non-hydrogen) atoms. The molecule has 0 radical (unpaired) electrons. The van der Waals surface area contributed by atoms with E-state index in [0.29, 0.717) is 19.1 Å². The first-order chi connectivity index (χ1) is 8.70. The highest BCUT2D eigenvalue weighted by Crippen LogP contribution is 2.26. The second kappa shape index (κ2) is 6.21. The number of benzene rings is 1. The van der Waals surface area contributed by atoms with Crippen LogP contribution in [0.4, 0.5) is 0 Å². The summed E-state index contributed by atoms with van der Waals surface area (Å²) in [6, 6.07) is 8.17. The van der Waals surface area contributed by atoms with Crippen molar-refractivity contribution in [3.8, 4) is 0 Å². The van der Waals surface area contributed by atoms with E-state index in [2.05, 4.69) is 5.32 Å². The summed E-state index contributed by atoms with van der Waals surface area (Å²) >= 11 is 5.82. The number of hydrogen-bond donors (Lipinski definition) is 1. The van der Waals surface area contributed by atoms with Gasteiger partial charge in [0.25, 0.3) is 0 Å². The van der Waals surface area contributed by atoms with Crippen LogP contribution in [0.2, 0.25) is 5.02 Å². The largest absolute Gasteiger partial charge is 0.339 e. The summed E-state index contributed by atoms with van der Waals surface area (Å²) in [4.78, 5) is 13.9. The number of carbonyl (C=O) groups is 1. The normalized spacial score (nSPS) is 14.6. The van der Waals surface area contributed by atoms with Crippen molar-refractivity contribution in [2.24, 2.45) is 0 Å². The monoisotopic (exact) mass is 266 g/mol. The van der Waals surface area contributed by atoms with E-state index >= 15 is 0 Å². The fourth-order valence-electron chi connectivity index (χ4n) is 2.04. The molecule has 98 valence electrons. The van der Waals surface area contributed by atoms with Gasteiger partial charge in [-0.05, 0) is 37.5 Å². The summed E-state index contributed by atoms with van der Waals surface area (Å²) in [5.41, 5.74) is 1.14. The maximum absolute atomic E-state index is 11.9. The molecular weight excluding hydrogens is 248 g/mol. The van der Waals surface area contributed by atoms with Crippen LogP contribution in [0.25, 0.3) is 0 Å². The molecule has 0 aromatic heterocycles. The lowest BCUT2D eigenvalue weighted by molar-refractivity contribution is -0.130. The molecule has 2 rings (SSSR count). The van der Waals surface area contributed by atoms with Gasteiger partial charge in [-0.1, -0.05) is 23.7 Å². The van der Waals surface area contributed by atoms with Crippen LogP contribution in [0.15, 0.2) is 24.3 Å². The van der Waals surface area contributed by atoms with Gasteiger partial charge in [-0.2, -0.15) is 0 Å². The number of hydrogen-bond acceptors (Lipinski definition) is 2. The van der Waals surface area contributed by atoms with Gasteiger partial charge in [0.2, 0.25) is 5.91 Å². The molecular formula is C14H19ClN2O. The molecule has 1 amide bonds. The lowest BCUT2D eigenvalue weighted by Gasteiger charge is -2.20. The molecule has 0 aliphatic heterocycles. The molecule has 1 aliphatic rings. The molecule has 3 nitrogen and oxygen atoms in total. The van der Waals surface area contributed by atoms with Crippen molar-refractivity contribution in [2.75, 3.05) is 13.1 Å². The lowest BCUT2D eigenvalue weighted by Crippen LogP contribution is -2.39. The lowest BCUT2D eigenvalue weighted by atomic mass is 10.2. The Balaban J connectivity index is 1.74. The van der Waals surface area contributed by atoms with E-state index < -0.39 is 0 Å². The van der Waals surface area contributed by atoms with E-state index in [0.717, 1.165) is 30.0 Å². The Hall–Kier alpha value is -1.06. The summed E-state index contributed by atoms with van der Waals surface area (Å²) in [6.45, 7) is 3.96. The number of nitrogens with zero attached hydrogens (tertiary/aromatic N) is 1. The molecule has 0 bridgehead atoms. The summed E-state index contributed by atoms with van der Waals surface area (Å²) < 4.78 is 0. The molecule has 0 spiro atoms. The fourth-order valence-corrected chi connectivity index (χ4v) is 2.17. The fraction of sp³-hybridized carbons (Fsp3) is 0.500. The topological polar surface area (TPSA) is 32.3 Å². The first-order valence-electron chi connectivity index (χ1n) is 6.45. The molecule has 0 unspecified atom stereocenters. The number of likely N-dealkylation sites (N-methyl/N-ethyl adjacent to an activating group) is 1. The third kappa shape index (κ3) is 3.72. The van der Waals surface area contributed by atoms with Crippen molar-refractivity contribution in [1.82, 2.24) is 10.2 Å². The third-order valence-corrected chi connectivity index (χ3v) is 3.42. The van der Waals surface area contributed by atoms with E-state index in [-0.39, 0.29) is 5.91 Å². The number of halogens is 1. The van der Waals surface area contributed by atoms with Crippen LogP contribution >= 0.6 is 11.6 Å². The minimum atomic E-state index is 0.203. The Kier molecular flexibility index (Phi) is 4.61. The molecule has 1 aromatic rings. The van der Waals surface area contributed by atoms with Gasteiger partial charge >= 0.3 is 0 Å². The van der Waals surface area contributed by atoms with Gasteiger partial charge in [0, 0.05) is 24.2 Å². The van der Waals surface area contributed by atoms with Gasteiger partial charge in [0.15, 0.2) is 0 Å². The molecule has 1 aliphatic carbocycles. The summed E-state index contributed by atoms with van der Waals surface area (Å²) in [7, 11) is 0. The Bertz CT molecular complexity index is 401. The number of amides is 1. The second-order valence-corrected chi connectivity index (χ2v) is 5.08. The van der Waals surface area contributed by atoms with Crippen LogP contribution in [-0.4, -0.2) is 29.9 Å². The van der Waals surface area contributed by atoms with Crippen LogP contribution in [0.3, 0.4) is 0 Å². The van der Waals surface area contributed by atoms with Crippen molar-refractivity contribution >= 4 is 17.5 Å². The van der Waals surface area contributed by atoms with E-state index in [1.165, 1.54) is 0 Å². The van der Waals surface area contributed by atoms with Crippen LogP contribution in [-0.2, 0) is 11.3 Å². The summed E-state index contributed by atoms with van der Waals surface area (Å²) in [5, 5.41) is 3.92. The van der Waals surface area contributed by atoms with Gasteiger partial charge in [0.05, 0.1) is 6.54 Å². The maximum atomic E-state index is 11.9. The van der Waals surface area contributed by atoms with E-state index in [1.54, 1.807) is 0 Å². The minimum Gasteiger partial charge on any atom is -0.339 e. The number of nitrogens with one attached hydrogen (secondary N) is 1. The zero-order chi connectivity index (χ0) is 13.0. The van der Waals surface area contributed by atoms with Gasteiger partial charge < -0.3 is 10.2 Å². The van der Waals surface area contributed by atoms with Gasteiger partial charge in [0.1, 0.15) is 0 Å². The molecule has 1 aromatic carbocycles. The highest BCUT2D eigenvalue weighted by Gasteiger charge is 2.30. The highest BCUT2D eigenvalue weighted by atomic mass is 35.5. The predicted octanol–water partition coefficient (Wildman–Crippen LogP) is 2.44. The molecule has 1 saturated carbocycles. The Morgan fingerprint density at radius 3 is 2.61 bits per heavy atom. The zero-order valence-electron chi connectivity index (χ0n) is 10.7. The Labute approximate surface area is 113 Å². The molecule has 0 saturated heterocycles. The third-order valence-electron chi connectivity index (χ3n) is 3.17. The van der Waals surface area contributed by atoms with Crippen molar-refractivity contribution in [2.45, 2.75) is 32.4 Å². The van der Waals surface area contributed by atoms with E-state index in [9.17, 15) is 4.79 Å². The summed E-state index contributed by atoms with van der Waals surface area (Å²) in [6.07, 6.45) is 2.33. The van der Waals surface area contributed by atoms with Crippen LogP contribution < -0.4 is 5.32 Å². The Morgan fingerprint density at radius 1 is 1.39 bits per heavy atom. The van der Waals surface area contributed by atoms with Crippen LogP contribution in [0.1, 0.15) is 25.3 Å². The van der Waals surface area contributed by atoms with Crippen molar-refractivity contribution in [3.05, 3.63) is 34.9 Å². The zero-order valence-corrected chi connectivity index (χ0v) is 11.4. The smallest absolute Gasteiger partial charge is 0.236 e. The SMILES string of the molecule is CCN(C(=O)CNCc1ccc(Cl)cc1)C1CC1. The first-order valence-corrected chi connectivity index (χ1v) is 6.83. The van der Waals surface area contributed by atoms with Gasteiger partial charge in [-0.25, -0.2) is 0 Å². The molecule has 0 atom stereocenters. The van der Waals surface area contributed by atoms with Crippen molar-refractivity contribution in [3.63, 3.8) is 0 Å². The average molecular weight is 267 g/mol. The maximum Gasteiger partial charge on any atom is 0.236 e. The second-order valence-electron chi connectivity index (χ2n) is 4.64. The van der Waals surface area contributed by atoms with E-state index in [1.807, 2.05) is 36.1 Å². The first kappa shape index (κ1) is 13.4. The molecule has 4 heteroatoms. The van der Waals surface area contributed by atoms with Crippen molar-refractivity contribution in [1.29, 1.82) is 0 Å². The predicted molar refractivity (Wildman–Crippen MR) is 73.6 cm³/mol. The van der Waals surface area contributed by atoms with Gasteiger partial charge in [-0.3, -0.25) is 4.79 Å². The highest BCUT2D eigenvalue weighted by molar-refractivity contribution is 6.30. The van der Waals surface area contributed by atoms with E-state index in [4.69, 9.17) is 11.6 Å². The summed E-state index contributed by atoms with van der Waals surface area (Å²) in [5.74, 6) is 0.203. The van der Waals surface area contributed by atoms with Crippen molar-refractivity contribution < 1.29 is 4.79 Å². The molecule has 0 heterocycles. The van der Waals surface area contributed by atoms with Gasteiger partial charge in [-0.15, -0.1) is 0 Å². The standard InChI is InChI=1S/C14H19ClN2O/c1-2-17(13-7-8-13)14(18)10-16-9-11-3-5-12(15)6-4-11/h3-6,13,16H,2,7-10H2,1H3. The minimum absolute atomic E-state index is 0.203. The quantitative estimate of drug-likeness (QED) is 0.858. The molecule has 1 N–H and O–H groups in total. The number of rotatable bonds is 6. The van der Waals surface area contributed by atoms with Crippen LogP contribution in [0, 0.1) is 0 Å². The number of carbonyl (C=O) groups excluding carboxylic acids is 1. The Morgan fingerprint density at radius 2 is 2.06 bits per heavy atom. The average Bonchev–Trinajstić information content (AvgIpc) is 3.17. The van der Waals surface area contributed by atoms with Crippen LogP contribution in [0.5, 0.6) is 0 Å². The molecule has 1 fully saturated rings.